The SMILES string of the molecule is CC=C(C)C(=O)Nc1ccc(OC2CCCCC2O)cc1. The number of benzene rings is 1. The average molecular weight is 289 g/mol. The number of amides is 1. The number of allylic oxidation sites excluding steroid dienone is 1. The molecule has 0 spiro atoms. The summed E-state index contributed by atoms with van der Waals surface area (Å²) in [4.78, 5) is 11.7. The molecule has 1 amide bonds. The van der Waals surface area contributed by atoms with E-state index in [4.69, 9.17) is 4.74 Å². The number of aliphatic hydroxyl groups excluding tert-OH is 1. The van der Waals surface area contributed by atoms with E-state index in [9.17, 15) is 9.90 Å². The molecular weight excluding hydrogens is 266 g/mol. The first-order valence-corrected chi connectivity index (χ1v) is 7.49. The Bertz CT molecular complexity index is 507. The molecule has 0 heterocycles. The van der Waals surface area contributed by atoms with Crippen molar-refractivity contribution in [2.45, 2.75) is 51.7 Å². The highest BCUT2D eigenvalue weighted by molar-refractivity contribution is 6.03. The summed E-state index contributed by atoms with van der Waals surface area (Å²) in [6.45, 7) is 3.61. The van der Waals surface area contributed by atoms with Gasteiger partial charge in [0.25, 0.3) is 5.91 Å². The van der Waals surface area contributed by atoms with Gasteiger partial charge in [-0.15, -0.1) is 0 Å². The molecule has 0 aromatic heterocycles. The lowest BCUT2D eigenvalue weighted by Gasteiger charge is -2.28. The van der Waals surface area contributed by atoms with Crippen LogP contribution in [-0.4, -0.2) is 23.2 Å². The van der Waals surface area contributed by atoms with Crippen LogP contribution in [0.2, 0.25) is 0 Å². The molecule has 1 aliphatic rings. The molecule has 2 N–H and O–H groups in total. The summed E-state index contributed by atoms with van der Waals surface area (Å²) in [6, 6.07) is 7.26. The maximum absolute atomic E-state index is 11.7. The number of hydrogen-bond donors (Lipinski definition) is 2. The van der Waals surface area contributed by atoms with E-state index in [1.54, 1.807) is 13.0 Å². The Balaban J connectivity index is 1.94. The first-order valence-electron chi connectivity index (χ1n) is 7.49. The third-order valence-electron chi connectivity index (χ3n) is 3.86. The minimum Gasteiger partial charge on any atom is -0.488 e. The summed E-state index contributed by atoms with van der Waals surface area (Å²) in [6.07, 6.45) is 5.13. The summed E-state index contributed by atoms with van der Waals surface area (Å²) in [5.41, 5.74) is 1.42. The van der Waals surface area contributed by atoms with Crippen LogP contribution in [0.4, 0.5) is 5.69 Å². The minimum absolute atomic E-state index is 0.103. The Morgan fingerprint density at radius 2 is 1.95 bits per heavy atom. The van der Waals surface area contributed by atoms with Gasteiger partial charge in [0.1, 0.15) is 11.9 Å². The van der Waals surface area contributed by atoms with Crippen molar-refractivity contribution in [1.82, 2.24) is 0 Å². The van der Waals surface area contributed by atoms with Crippen molar-refractivity contribution in [3.8, 4) is 5.75 Å². The van der Waals surface area contributed by atoms with Crippen molar-refractivity contribution in [1.29, 1.82) is 0 Å². The van der Waals surface area contributed by atoms with Gasteiger partial charge in [-0.1, -0.05) is 12.5 Å². The highest BCUT2D eigenvalue weighted by Gasteiger charge is 2.24. The lowest BCUT2D eigenvalue weighted by atomic mass is 9.95. The molecule has 0 radical (unpaired) electrons. The van der Waals surface area contributed by atoms with Gasteiger partial charge in [-0.25, -0.2) is 0 Å². The van der Waals surface area contributed by atoms with E-state index < -0.39 is 0 Å². The predicted molar refractivity (Wildman–Crippen MR) is 83.4 cm³/mol. The average Bonchev–Trinajstić information content (AvgIpc) is 2.50. The molecule has 2 unspecified atom stereocenters. The fourth-order valence-electron chi connectivity index (χ4n) is 2.37. The van der Waals surface area contributed by atoms with Crippen LogP contribution in [0.15, 0.2) is 35.9 Å². The molecule has 0 saturated heterocycles. The summed E-state index contributed by atoms with van der Waals surface area (Å²) in [7, 11) is 0. The molecular formula is C17H23NO3. The van der Waals surface area contributed by atoms with E-state index in [0.29, 0.717) is 5.57 Å². The standard InChI is InChI=1S/C17H23NO3/c1-3-12(2)17(20)18-13-8-10-14(11-9-13)21-16-7-5-4-6-15(16)19/h3,8-11,15-16,19H,4-7H2,1-2H3,(H,18,20). The zero-order valence-corrected chi connectivity index (χ0v) is 12.6. The fraction of sp³-hybridized carbons (Fsp3) is 0.471. The summed E-state index contributed by atoms with van der Waals surface area (Å²) >= 11 is 0. The summed E-state index contributed by atoms with van der Waals surface area (Å²) < 4.78 is 5.82. The molecule has 2 rings (SSSR count). The van der Waals surface area contributed by atoms with Crippen molar-refractivity contribution < 1.29 is 14.6 Å². The number of anilines is 1. The topological polar surface area (TPSA) is 58.6 Å². The van der Waals surface area contributed by atoms with E-state index in [1.807, 2.05) is 31.2 Å². The number of nitrogens with one attached hydrogen (secondary N) is 1. The van der Waals surface area contributed by atoms with Crippen LogP contribution in [0.5, 0.6) is 5.75 Å². The lowest BCUT2D eigenvalue weighted by molar-refractivity contribution is -0.112. The molecule has 114 valence electrons. The second kappa shape index (κ2) is 7.27. The normalized spacial score (nSPS) is 22.7. The van der Waals surface area contributed by atoms with E-state index in [1.165, 1.54) is 0 Å². The fourth-order valence-corrected chi connectivity index (χ4v) is 2.37. The van der Waals surface area contributed by atoms with Gasteiger partial charge in [0.15, 0.2) is 0 Å². The van der Waals surface area contributed by atoms with Gasteiger partial charge >= 0.3 is 0 Å². The second-order valence-corrected chi connectivity index (χ2v) is 5.46. The maximum Gasteiger partial charge on any atom is 0.250 e. The first-order chi connectivity index (χ1) is 10.1. The van der Waals surface area contributed by atoms with Crippen molar-refractivity contribution in [3.05, 3.63) is 35.9 Å². The maximum atomic E-state index is 11.7. The largest absolute Gasteiger partial charge is 0.488 e. The van der Waals surface area contributed by atoms with Crippen LogP contribution in [0, 0.1) is 0 Å². The van der Waals surface area contributed by atoms with Crippen LogP contribution in [0.3, 0.4) is 0 Å². The molecule has 1 fully saturated rings. The van der Waals surface area contributed by atoms with E-state index >= 15 is 0 Å². The van der Waals surface area contributed by atoms with Crippen LogP contribution in [0.1, 0.15) is 39.5 Å². The molecule has 1 aliphatic carbocycles. The Kier molecular flexibility index (Phi) is 5.39. The molecule has 1 saturated carbocycles. The third-order valence-corrected chi connectivity index (χ3v) is 3.86. The van der Waals surface area contributed by atoms with Crippen LogP contribution in [0.25, 0.3) is 0 Å². The molecule has 0 aliphatic heterocycles. The zero-order chi connectivity index (χ0) is 15.2. The number of hydrogen-bond acceptors (Lipinski definition) is 3. The quantitative estimate of drug-likeness (QED) is 0.836. The number of aliphatic hydroxyl groups is 1. The van der Waals surface area contributed by atoms with Crippen molar-refractivity contribution in [3.63, 3.8) is 0 Å². The van der Waals surface area contributed by atoms with Gasteiger partial charge in [-0.2, -0.15) is 0 Å². The highest BCUT2D eigenvalue weighted by Crippen LogP contribution is 2.25. The molecule has 1 aromatic carbocycles. The van der Waals surface area contributed by atoms with E-state index in [2.05, 4.69) is 5.32 Å². The summed E-state index contributed by atoms with van der Waals surface area (Å²) in [5, 5.41) is 12.7. The molecule has 0 bridgehead atoms. The zero-order valence-electron chi connectivity index (χ0n) is 12.6. The Morgan fingerprint density at radius 3 is 2.57 bits per heavy atom. The van der Waals surface area contributed by atoms with E-state index in [-0.39, 0.29) is 18.1 Å². The number of rotatable bonds is 4. The predicted octanol–water partition coefficient (Wildman–Crippen LogP) is 3.27. The van der Waals surface area contributed by atoms with Crippen molar-refractivity contribution >= 4 is 11.6 Å². The monoisotopic (exact) mass is 289 g/mol. The van der Waals surface area contributed by atoms with Crippen LogP contribution < -0.4 is 10.1 Å². The summed E-state index contributed by atoms with van der Waals surface area (Å²) in [5.74, 6) is 0.621. The molecule has 1 aromatic rings. The van der Waals surface area contributed by atoms with Gasteiger partial charge in [0.2, 0.25) is 0 Å². The molecule has 21 heavy (non-hydrogen) atoms. The molecule has 4 heteroatoms. The number of ether oxygens (including phenoxy) is 1. The molecule has 4 nitrogen and oxygen atoms in total. The smallest absolute Gasteiger partial charge is 0.250 e. The second-order valence-electron chi connectivity index (χ2n) is 5.46. The third kappa shape index (κ3) is 4.33. The van der Waals surface area contributed by atoms with Crippen LogP contribution >= 0.6 is 0 Å². The van der Waals surface area contributed by atoms with Gasteiger partial charge in [-0.3, -0.25) is 4.79 Å². The Morgan fingerprint density at radius 1 is 1.29 bits per heavy atom. The van der Waals surface area contributed by atoms with Gasteiger partial charge in [-0.05, 0) is 57.4 Å². The van der Waals surface area contributed by atoms with Gasteiger partial charge in [0.05, 0.1) is 6.10 Å². The van der Waals surface area contributed by atoms with Gasteiger partial charge < -0.3 is 15.2 Å². The Labute approximate surface area is 125 Å². The highest BCUT2D eigenvalue weighted by atomic mass is 16.5. The van der Waals surface area contributed by atoms with Gasteiger partial charge in [0, 0.05) is 11.3 Å². The van der Waals surface area contributed by atoms with Crippen LogP contribution in [-0.2, 0) is 4.79 Å². The van der Waals surface area contributed by atoms with Crippen molar-refractivity contribution in [2.75, 3.05) is 5.32 Å². The lowest BCUT2D eigenvalue weighted by Crippen LogP contribution is -2.34. The van der Waals surface area contributed by atoms with E-state index in [0.717, 1.165) is 37.1 Å². The minimum atomic E-state index is -0.379. The molecule has 2 atom stereocenters. The number of carbonyl (C=O) groups is 1. The Hall–Kier alpha value is -1.81. The first kappa shape index (κ1) is 15.6. The van der Waals surface area contributed by atoms with Crippen molar-refractivity contribution in [2.24, 2.45) is 0 Å². The number of carbonyl (C=O) groups excluding carboxylic acids is 1.